The lowest BCUT2D eigenvalue weighted by Gasteiger charge is -2.20. The van der Waals surface area contributed by atoms with Crippen LogP contribution in [0.15, 0.2) is 60.7 Å². The van der Waals surface area contributed by atoms with Gasteiger partial charge in [-0.25, -0.2) is 4.98 Å². The number of halogens is 1. The lowest BCUT2D eigenvalue weighted by Crippen LogP contribution is -2.02. The average molecular weight is 462 g/mol. The van der Waals surface area contributed by atoms with Crippen LogP contribution in [0.25, 0.3) is 10.9 Å². The van der Waals surface area contributed by atoms with Gasteiger partial charge < -0.3 is 4.74 Å². The fourth-order valence-corrected chi connectivity index (χ4v) is 6.09. The zero-order valence-electron chi connectivity index (χ0n) is 17.9. The van der Waals surface area contributed by atoms with Crippen LogP contribution < -0.4 is 4.74 Å². The lowest BCUT2D eigenvalue weighted by atomic mass is 10.2. The summed E-state index contributed by atoms with van der Waals surface area (Å²) in [6.07, 6.45) is 5.01. The molecule has 5 heteroatoms. The molecule has 0 spiro atoms. The van der Waals surface area contributed by atoms with Crippen LogP contribution in [-0.4, -0.2) is 16.5 Å². The van der Waals surface area contributed by atoms with Gasteiger partial charge in [0.15, 0.2) is 0 Å². The maximum absolute atomic E-state index is 6.28. The van der Waals surface area contributed by atoms with E-state index >= 15 is 0 Å². The first-order chi connectivity index (χ1) is 14.3. The maximum Gasteiger partial charge on any atom is 0.130 e. The molecule has 2 nitrogen and oxygen atoms in total. The predicted molar refractivity (Wildman–Crippen MR) is 137 cm³/mol. The molecule has 2 aromatic carbocycles. The van der Waals surface area contributed by atoms with Crippen LogP contribution in [0.3, 0.4) is 0 Å². The Morgan fingerprint density at radius 1 is 0.833 bits per heavy atom. The Labute approximate surface area is 196 Å². The highest BCUT2D eigenvalue weighted by molar-refractivity contribution is 8.16. The van der Waals surface area contributed by atoms with E-state index < -0.39 is 0 Å². The third-order valence-electron chi connectivity index (χ3n) is 4.74. The number of unbranched alkanes of at least 4 members (excludes halogenated alkanes) is 2. The summed E-state index contributed by atoms with van der Waals surface area (Å²) < 4.78 is 6.70. The monoisotopic (exact) mass is 461 g/mol. The molecular formula is C25H32ClNOS2. The van der Waals surface area contributed by atoms with Gasteiger partial charge in [-0.2, -0.15) is 0 Å². The van der Waals surface area contributed by atoms with E-state index in [1.165, 1.54) is 42.8 Å². The van der Waals surface area contributed by atoms with Crippen LogP contribution in [0.4, 0.5) is 0 Å². The molecule has 0 amide bonds. The minimum Gasteiger partial charge on any atom is -0.487 e. The third kappa shape index (κ3) is 7.40. The Morgan fingerprint density at radius 3 is 2.23 bits per heavy atom. The Hall–Kier alpha value is -1.36. The summed E-state index contributed by atoms with van der Waals surface area (Å²) in [5.41, 5.74) is 3.29. The first-order valence-electron chi connectivity index (χ1n) is 10.6. The molecule has 0 saturated carbocycles. The number of ether oxygens (including phenoxy) is 1. The van der Waals surface area contributed by atoms with Gasteiger partial charge in [-0.15, -0.1) is 35.9 Å². The molecule has 30 heavy (non-hydrogen) atoms. The van der Waals surface area contributed by atoms with Gasteiger partial charge >= 0.3 is 0 Å². The highest BCUT2D eigenvalue weighted by atomic mass is 35.5. The van der Waals surface area contributed by atoms with Gasteiger partial charge in [0, 0.05) is 10.9 Å². The number of rotatable bonds is 12. The molecule has 0 N–H and O–H groups in total. The molecule has 0 aliphatic heterocycles. The molecule has 1 heterocycles. The van der Waals surface area contributed by atoms with E-state index in [0.29, 0.717) is 11.2 Å². The number of hydrogen-bond acceptors (Lipinski definition) is 4. The van der Waals surface area contributed by atoms with Gasteiger partial charge in [0.25, 0.3) is 0 Å². The van der Waals surface area contributed by atoms with Gasteiger partial charge in [0.2, 0.25) is 0 Å². The maximum atomic E-state index is 6.28. The predicted octanol–water partition coefficient (Wildman–Crippen LogP) is 8.30. The van der Waals surface area contributed by atoms with Crippen molar-refractivity contribution in [2.45, 2.75) is 50.7 Å². The normalized spacial score (nSPS) is 10.9. The summed E-state index contributed by atoms with van der Waals surface area (Å²) in [7, 11) is 0. The van der Waals surface area contributed by atoms with Crippen molar-refractivity contribution in [3.8, 4) is 5.75 Å². The quantitative estimate of drug-likeness (QED) is 0.200. The second-order valence-electron chi connectivity index (χ2n) is 7.10. The minimum atomic E-state index is 0. The number of thioether (sulfide) groups is 2. The summed E-state index contributed by atoms with van der Waals surface area (Å²) in [5.74, 6) is 3.38. The average Bonchev–Trinajstić information content (AvgIpc) is 2.77. The van der Waals surface area contributed by atoms with E-state index in [0.717, 1.165) is 22.3 Å². The Kier molecular flexibility index (Phi) is 11.5. The van der Waals surface area contributed by atoms with E-state index in [-0.39, 0.29) is 12.4 Å². The molecule has 0 aliphatic carbocycles. The van der Waals surface area contributed by atoms with Gasteiger partial charge in [0.05, 0.1) is 15.8 Å². The Morgan fingerprint density at radius 2 is 1.50 bits per heavy atom. The largest absolute Gasteiger partial charge is 0.487 e. The van der Waals surface area contributed by atoms with E-state index in [4.69, 9.17) is 9.72 Å². The number of para-hydroxylation sites is 2. The molecule has 0 radical (unpaired) electrons. The number of pyridine rings is 1. The molecule has 162 valence electrons. The minimum absolute atomic E-state index is 0. The molecule has 0 bridgehead atoms. The van der Waals surface area contributed by atoms with Crippen molar-refractivity contribution in [3.63, 3.8) is 0 Å². The van der Waals surface area contributed by atoms with Gasteiger partial charge in [-0.05, 0) is 42.5 Å². The van der Waals surface area contributed by atoms with Crippen LogP contribution in [0.2, 0.25) is 0 Å². The zero-order valence-corrected chi connectivity index (χ0v) is 20.3. The standard InChI is InChI=1S/C25H31NOS2.ClH/c1-3-5-17-28-25(29-18-6-4-2)22-12-8-10-14-24(22)27-19-21-16-15-20-11-7-9-13-23(20)26-21;/h7-16,25H,3-6,17-19H2,1-2H3;1H. The second kappa shape index (κ2) is 13.8. The van der Waals surface area contributed by atoms with Crippen LogP contribution in [0.5, 0.6) is 5.75 Å². The van der Waals surface area contributed by atoms with Crippen LogP contribution >= 0.6 is 35.9 Å². The Bertz CT molecular complexity index is 880. The van der Waals surface area contributed by atoms with Crippen LogP contribution in [0, 0.1) is 0 Å². The fraction of sp³-hybridized carbons (Fsp3) is 0.400. The van der Waals surface area contributed by atoms with Crippen molar-refractivity contribution in [2.24, 2.45) is 0 Å². The van der Waals surface area contributed by atoms with E-state index in [1.807, 2.05) is 12.1 Å². The summed E-state index contributed by atoms with van der Waals surface area (Å²) >= 11 is 4.11. The topological polar surface area (TPSA) is 22.1 Å². The first kappa shape index (κ1) is 24.9. The molecule has 1 aromatic heterocycles. The van der Waals surface area contributed by atoms with E-state index in [1.54, 1.807) is 0 Å². The Balaban J connectivity index is 0.00000320. The van der Waals surface area contributed by atoms with Crippen LogP contribution in [0.1, 0.15) is 55.4 Å². The van der Waals surface area contributed by atoms with Crippen molar-refractivity contribution in [1.29, 1.82) is 0 Å². The fourth-order valence-electron chi connectivity index (χ4n) is 3.04. The van der Waals surface area contributed by atoms with E-state index in [2.05, 4.69) is 85.9 Å². The molecule has 3 aromatic rings. The summed E-state index contributed by atoms with van der Waals surface area (Å²) in [6.45, 7) is 5.01. The number of aromatic nitrogens is 1. The highest BCUT2D eigenvalue weighted by Gasteiger charge is 2.17. The van der Waals surface area contributed by atoms with Gasteiger partial charge in [-0.3, -0.25) is 0 Å². The van der Waals surface area contributed by atoms with Crippen molar-refractivity contribution in [2.75, 3.05) is 11.5 Å². The molecule has 0 aliphatic rings. The smallest absolute Gasteiger partial charge is 0.130 e. The first-order valence-corrected chi connectivity index (χ1v) is 12.7. The van der Waals surface area contributed by atoms with Gasteiger partial charge in [0.1, 0.15) is 12.4 Å². The number of fused-ring (bicyclic) bond motifs is 1. The van der Waals surface area contributed by atoms with E-state index in [9.17, 15) is 0 Å². The molecule has 0 saturated heterocycles. The number of nitrogens with zero attached hydrogens (tertiary/aromatic N) is 1. The molecule has 0 unspecified atom stereocenters. The van der Waals surface area contributed by atoms with Crippen molar-refractivity contribution >= 4 is 46.8 Å². The summed E-state index contributed by atoms with van der Waals surface area (Å²) in [4.78, 5) is 4.75. The van der Waals surface area contributed by atoms with Crippen molar-refractivity contribution in [3.05, 3.63) is 71.9 Å². The molecule has 3 rings (SSSR count). The van der Waals surface area contributed by atoms with Crippen molar-refractivity contribution in [1.82, 2.24) is 4.98 Å². The SMILES string of the molecule is CCCCSC(SCCCC)c1ccccc1OCc1ccc2ccccc2n1.Cl. The van der Waals surface area contributed by atoms with Gasteiger partial charge in [-0.1, -0.05) is 69.2 Å². The molecule has 0 atom stereocenters. The van der Waals surface area contributed by atoms with Crippen LogP contribution in [-0.2, 0) is 6.61 Å². The molecular weight excluding hydrogens is 430 g/mol. The lowest BCUT2D eigenvalue weighted by molar-refractivity contribution is 0.299. The van der Waals surface area contributed by atoms with Crippen molar-refractivity contribution < 1.29 is 4.74 Å². The summed E-state index contributed by atoms with van der Waals surface area (Å²) in [6, 6.07) is 20.9. The second-order valence-corrected chi connectivity index (χ2v) is 9.83. The number of benzene rings is 2. The zero-order chi connectivity index (χ0) is 20.3. The number of hydrogen-bond donors (Lipinski definition) is 0. The highest BCUT2D eigenvalue weighted by Crippen LogP contribution is 2.44. The third-order valence-corrected chi connectivity index (χ3v) is 7.72. The molecule has 0 fully saturated rings. The summed E-state index contributed by atoms with van der Waals surface area (Å²) in [5, 5.41) is 1.16.